The molecule has 1 N–H and O–H groups in total. The molecule has 0 atom stereocenters. The third kappa shape index (κ3) is 4.69. The Labute approximate surface area is 132 Å². The quantitative estimate of drug-likeness (QED) is 0.756. The van der Waals surface area contributed by atoms with Gasteiger partial charge in [-0.2, -0.15) is 10.1 Å². The summed E-state index contributed by atoms with van der Waals surface area (Å²) in [4.78, 5) is 6.76. The Hall–Kier alpha value is -2.17. The van der Waals surface area contributed by atoms with E-state index in [0.717, 1.165) is 31.7 Å². The minimum absolute atomic E-state index is 0.299. The van der Waals surface area contributed by atoms with E-state index < -0.39 is 0 Å². The lowest BCUT2D eigenvalue weighted by atomic mass is 10.2. The first-order valence-electron chi connectivity index (χ1n) is 7.95. The number of benzene rings is 1. The first-order valence-corrected chi connectivity index (χ1v) is 7.95. The minimum atomic E-state index is 0.299. The lowest BCUT2D eigenvalue weighted by molar-refractivity contribution is 0.652. The Morgan fingerprint density at radius 3 is 2.64 bits per heavy atom. The Morgan fingerprint density at radius 1 is 1.18 bits per heavy atom. The van der Waals surface area contributed by atoms with Crippen molar-refractivity contribution in [3.8, 4) is 0 Å². The van der Waals surface area contributed by atoms with E-state index in [1.165, 1.54) is 5.56 Å². The van der Waals surface area contributed by atoms with Crippen LogP contribution in [0.2, 0.25) is 0 Å². The summed E-state index contributed by atoms with van der Waals surface area (Å²) in [6.45, 7) is 8.15. The van der Waals surface area contributed by atoms with Gasteiger partial charge in [0.25, 0.3) is 0 Å². The highest BCUT2D eigenvalue weighted by molar-refractivity contribution is 5.40. The maximum atomic E-state index is 4.60. The van der Waals surface area contributed by atoms with Gasteiger partial charge in [-0.15, -0.1) is 5.10 Å². The van der Waals surface area contributed by atoms with Crippen molar-refractivity contribution in [1.82, 2.24) is 15.2 Å². The Kier molecular flexibility index (Phi) is 6.13. The second-order valence-electron chi connectivity index (χ2n) is 5.63. The minimum Gasteiger partial charge on any atom is -0.369 e. The van der Waals surface area contributed by atoms with E-state index in [1.54, 1.807) is 6.20 Å². The Morgan fingerprint density at radius 2 is 1.95 bits per heavy atom. The van der Waals surface area contributed by atoms with Crippen molar-refractivity contribution in [1.29, 1.82) is 0 Å². The highest BCUT2D eigenvalue weighted by Crippen LogP contribution is 2.16. The third-order valence-electron chi connectivity index (χ3n) is 3.46. The van der Waals surface area contributed by atoms with Crippen LogP contribution < -0.4 is 10.2 Å². The zero-order valence-corrected chi connectivity index (χ0v) is 13.7. The van der Waals surface area contributed by atoms with Crippen molar-refractivity contribution in [2.45, 2.75) is 46.2 Å². The summed E-state index contributed by atoms with van der Waals surface area (Å²) in [7, 11) is 0. The van der Waals surface area contributed by atoms with Crippen LogP contribution in [0.3, 0.4) is 0 Å². The molecule has 0 aliphatic heterocycles. The van der Waals surface area contributed by atoms with Crippen LogP contribution in [-0.4, -0.2) is 27.8 Å². The van der Waals surface area contributed by atoms with Crippen LogP contribution in [0.5, 0.6) is 0 Å². The maximum absolute atomic E-state index is 4.60. The van der Waals surface area contributed by atoms with Crippen molar-refractivity contribution < 1.29 is 0 Å². The molecule has 118 valence electrons. The van der Waals surface area contributed by atoms with Crippen molar-refractivity contribution >= 4 is 11.8 Å². The summed E-state index contributed by atoms with van der Waals surface area (Å²) in [6.07, 6.45) is 3.96. The molecule has 5 nitrogen and oxygen atoms in total. The molecule has 5 heteroatoms. The lowest BCUT2D eigenvalue weighted by Gasteiger charge is -2.26. The molecular weight excluding hydrogens is 274 g/mol. The maximum Gasteiger partial charge on any atom is 0.247 e. The highest BCUT2D eigenvalue weighted by Gasteiger charge is 2.15. The smallest absolute Gasteiger partial charge is 0.247 e. The van der Waals surface area contributed by atoms with E-state index in [0.29, 0.717) is 12.0 Å². The van der Waals surface area contributed by atoms with Gasteiger partial charge in [0.15, 0.2) is 5.82 Å². The standard InChI is InChI=1S/C17H25N5/c1-4-5-11-18-16-12-19-21-17(20-16)22(14(2)3)13-15-9-7-6-8-10-15/h6-10,12,14H,4-5,11,13H2,1-3H3,(H,18,20,21). The summed E-state index contributed by atoms with van der Waals surface area (Å²) in [5, 5.41) is 11.6. The average Bonchev–Trinajstić information content (AvgIpc) is 2.54. The van der Waals surface area contributed by atoms with Gasteiger partial charge in [0.2, 0.25) is 5.95 Å². The van der Waals surface area contributed by atoms with Crippen LogP contribution in [0.4, 0.5) is 11.8 Å². The zero-order chi connectivity index (χ0) is 15.8. The number of nitrogens with one attached hydrogen (secondary N) is 1. The molecule has 0 unspecified atom stereocenters. The van der Waals surface area contributed by atoms with Gasteiger partial charge in [0, 0.05) is 19.1 Å². The van der Waals surface area contributed by atoms with E-state index in [1.807, 2.05) is 6.07 Å². The van der Waals surface area contributed by atoms with E-state index in [-0.39, 0.29) is 0 Å². The monoisotopic (exact) mass is 299 g/mol. The molecule has 1 aromatic heterocycles. The summed E-state index contributed by atoms with van der Waals surface area (Å²) >= 11 is 0. The van der Waals surface area contributed by atoms with Gasteiger partial charge in [-0.25, -0.2) is 0 Å². The number of hydrogen-bond acceptors (Lipinski definition) is 5. The molecule has 0 bridgehead atoms. The van der Waals surface area contributed by atoms with E-state index in [2.05, 4.69) is 70.4 Å². The Balaban J connectivity index is 2.12. The summed E-state index contributed by atoms with van der Waals surface area (Å²) in [5.41, 5.74) is 1.24. The van der Waals surface area contributed by atoms with Crippen LogP contribution >= 0.6 is 0 Å². The van der Waals surface area contributed by atoms with Crippen LogP contribution in [0.25, 0.3) is 0 Å². The molecule has 1 heterocycles. The molecular formula is C17H25N5. The molecule has 1 aromatic carbocycles. The predicted octanol–water partition coefficient (Wildman–Crippen LogP) is 3.50. The SMILES string of the molecule is CCCCNc1cnnc(N(Cc2ccccc2)C(C)C)n1. The normalized spacial score (nSPS) is 10.7. The summed E-state index contributed by atoms with van der Waals surface area (Å²) in [6, 6.07) is 10.7. The molecule has 0 aliphatic rings. The van der Waals surface area contributed by atoms with E-state index >= 15 is 0 Å². The zero-order valence-electron chi connectivity index (χ0n) is 13.7. The third-order valence-corrected chi connectivity index (χ3v) is 3.46. The number of anilines is 2. The van der Waals surface area contributed by atoms with Gasteiger partial charge in [0.1, 0.15) is 0 Å². The molecule has 0 saturated carbocycles. The molecule has 0 saturated heterocycles. The second-order valence-corrected chi connectivity index (χ2v) is 5.63. The molecule has 0 amide bonds. The first-order chi connectivity index (χ1) is 10.7. The van der Waals surface area contributed by atoms with Gasteiger partial charge < -0.3 is 10.2 Å². The number of rotatable bonds is 8. The van der Waals surface area contributed by atoms with Crippen molar-refractivity contribution in [2.24, 2.45) is 0 Å². The van der Waals surface area contributed by atoms with Gasteiger partial charge in [-0.1, -0.05) is 43.7 Å². The molecule has 2 rings (SSSR count). The van der Waals surface area contributed by atoms with E-state index in [4.69, 9.17) is 0 Å². The predicted molar refractivity (Wildman–Crippen MR) is 91.0 cm³/mol. The molecule has 2 aromatic rings. The second kappa shape index (κ2) is 8.32. The summed E-state index contributed by atoms with van der Waals surface area (Å²) in [5.74, 6) is 1.46. The fourth-order valence-corrected chi connectivity index (χ4v) is 2.16. The van der Waals surface area contributed by atoms with E-state index in [9.17, 15) is 0 Å². The first kappa shape index (κ1) is 16.2. The van der Waals surface area contributed by atoms with Crippen LogP contribution in [0.15, 0.2) is 36.5 Å². The van der Waals surface area contributed by atoms with Crippen LogP contribution in [0.1, 0.15) is 39.2 Å². The van der Waals surface area contributed by atoms with Crippen molar-refractivity contribution in [3.05, 3.63) is 42.1 Å². The van der Waals surface area contributed by atoms with Crippen molar-refractivity contribution in [2.75, 3.05) is 16.8 Å². The largest absolute Gasteiger partial charge is 0.369 e. The average molecular weight is 299 g/mol. The van der Waals surface area contributed by atoms with Crippen molar-refractivity contribution in [3.63, 3.8) is 0 Å². The topological polar surface area (TPSA) is 53.9 Å². The fraction of sp³-hybridized carbons (Fsp3) is 0.471. The number of aromatic nitrogens is 3. The number of nitrogens with zero attached hydrogens (tertiary/aromatic N) is 4. The van der Waals surface area contributed by atoms with Crippen LogP contribution in [-0.2, 0) is 6.54 Å². The molecule has 0 spiro atoms. The van der Waals surface area contributed by atoms with Gasteiger partial charge in [0.05, 0.1) is 6.20 Å². The number of unbranched alkanes of at least 4 members (excludes halogenated alkanes) is 1. The molecule has 0 radical (unpaired) electrons. The molecule has 0 aliphatic carbocycles. The molecule has 22 heavy (non-hydrogen) atoms. The lowest BCUT2D eigenvalue weighted by Crippen LogP contribution is -2.32. The van der Waals surface area contributed by atoms with Gasteiger partial charge in [-0.05, 0) is 25.8 Å². The Bertz CT molecular complexity index is 556. The number of hydrogen-bond donors (Lipinski definition) is 1. The summed E-state index contributed by atoms with van der Waals surface area (Å²) < 4.78 is 0. The fourth-order valence-electron chi connectivity index (χ4n) is 2.16. The molecule has 0 fully saturated rings. The van der Waals surface area contributed by atoms with Gasteiger partial charge in [-0.3, -0.25) is 0 Å². The van der Waals surface area contributed by atoms with Crippen LogP contribution in [0, 0.1) is 0 Å². The highest BCUT2D eigenvalue weighted by atomic mass is 15.3. The van der Waals surface area contributed by atoms with Gasteiger partial charge >= 0.3 is 0 Å².